The third kappa shape index (κ3) is 5.44. The van der Waals surface area contributed by atoms with Crippen molar-refractivity contribution in [3.8, 4) is 11.5 Å². The van der Waals surface area contributed by atoms with E-state index in [-0.39, 0.29) is 49.6 Å². The SMILES string of the molecule is CCc1c(S(=O)(=O)O)ccc(N=Nc2c(O)c(C(=O)Nc3cc(OC)ccc3Cl)cc3ccccc23)c1Cl. The molecule has 0 aliphatic heterocycles. The number of ether oxygens (including phenoxy) is 1. The van der Waals surface area contributed by atoms with Gasteiger partial charge < -0.3 is 15.2 Å². The number of carbonyl (C=O) groups excluding carboxylic acids is 1. The lowest BCUT2D eigenvalue weighted by Gasteiger charge is -2.13. The molecule has 196 valence electrons. The Kier molecular flexibility index (Phi) is 7.89. The fraction of sp³-hybridized carbons (Fsp3) is 0.115. The van der Waals surface area contributed by atoms with Gasteiger partial charge in [-0.05, 0) is 47.7 Å². The molecule has 4 rings (SSSR count). The van der Waals surface area contributed by atoms with Crippen molar-refractivity contribution in [3.05, 3.63) is 81.8 Å². The fourth-order valence-corrected chi connectivity index (χ4v) is 5.21. The van der Waals surface area contributed by atoms with Crippen LogP contribution in [0.5, 0.6) is 11.5 Å². The summed E-state index contributed by atoms with van der Waals surface area (Å²) in [6, 6.07) is 15.7. The summed E-state index contributed by atoms with van der Waals surface area (Å²) in [5.74, 6) is -0.612. The van der Waals surface area contributed by atoms with E-state index in [4.69, 9.17) is 27.9 Å². The monoisotopic (exact) mass is 573 g/mol. The van der Waals surface area contributed by atoms with Gasteiger partial charge in [-0.1, -0.05) is 54.4 Å². The first-order chi connectivity index (χ1) is 18.0. The number of hydrogen-bond acceptors (Lipinski definition) is 7. The zero-order valence-corrected chi connectivity index (χ0v) is 22.4. The number of carbonyl (C=O) groups is 1. The van der Waals surface area contributed by atoms with Crippen molar-refractivity contribution in [2.24, 2.45) is 10.2 Å². The third-order valence-corrected chi connectivity index (χ3v) is 7.42. The molecule has 0 spiro atoms. The van der Waals surface area contributed by atoms with Gasteiger partial charge in [0.1, 0.15) is 17.1 Å². The first-order valence-corrected chi connectivity index (χ1v) is 13.3. The number of nitrogens with one attached hydrogen (secondary N) is 1. The summed E-state index contributed by atoms with van der Waals surface area (Å²) in [6.07, 6.45) is 0.202. The van der Waals surface area contributed by atoms with Crippen LogP contribution in [0.3, 0.4) is 0 Å². The molecule has 0 radical (unpaired) electrons. The van der Waals surface area contributed by atoms with Crippen molar-refractivity contribution in [1.82, 2.24) is 0 Å². The average molecular weight is 574 g/mol. The minimum Gasteiger partial charge on any atom is -0.505 e. The van der Waals surface area contributed by atoms with Crippen LogP contribution < -0.4 is 10.1 Å². The number of phenols is 1. The summed E-state index contributed by atoms with van der Waals surface area (Å²) >= 11 is 12.6. The van der Waals surface area contributed by atoms with Crippen molar-refractivity contribution < 1.29 is 27.6 Å². The highest BCUT2D eigenvalue weighted by molar-refractivity contribution is 7.85. The second kappa shape index (κ2) is 11.0. The fourth-order valence-electron chi connectivity index (χ4n) is 3.85. The Hall–Kier alpha value is -3.70. The Labute approximate surface area is 228 Å². The molecular formula is C26H21Cl2N3O6S. The molecule has 0 aliphatic rings. The number of aromatic hydroxyl groups is 1. The third-order valence-electron chi connectivity index (χ3n) is 5.73. The largest absolute Gasteiger partial charge is 0.505 e. The number of methoxy groups -OCH3 is 1. The van der Waals surface area contributed by atoms with E-state index in [1.807, 2.05) is 0 Å². The molecule has 9 nitrogen and oxygen atoms in total. The van der Waals surface area contributed by atoms with Gasteiger partial charge in [-0.15, -0.1) is 10.2 Å². The molecule has 4 aromatic rings. The molecule has 0 fully saturated rings. The van der Waals surface area contributed by atoms with Crippen LogP contribution in [0.4, 0.5) is 17.1 Å². The number of azo groups is 1. The number of amides is 1. The Morgan fingerprint density at radius 2 is 1.79 bits per heavy atom. The molecule has 0 saturated heterocycles. The van der Waals surface area contributed by atoms with Crippen LogP contribution in [0.1, 0.15) is 22.8 Å². The molecule has 0 atom stereocenters. The summed E-state index contributed by atoms with van der Waals surface area (Å²) in [4.78, 5) is 12.9. The van der Waals surface area contributed by atoms with Crippen LogP contribution in [-0.2, 0) is 16.5 Å². The van der Waals surface area contributed by atoms with E-state index >= 15 is 0 Å². The number of halogens is 2. The van der Waals surface area contributed by atoms with Gasteiger partial charge in [-0.2, -0.15) is 8.42 Å². The predicted octanol–water partition coefficient (Wildman–Crippen LogP) is 7.34. The van der Waals surface area contributed by atoms with E-state index < -0.39 is 21.8 Å². The lowest BCUT2D eigenvalue weighted by Crippen LogP contribution is -2.12. The number of fused-ring (bicyclic) bond motifs is 1. The van der Waals surface area contributed by atoms with Crippen LogP contribution in [0.2, 0.25) is 10.0 Å². The molecule has 3 N–H and O–H groups in total. The summed E-state index contributed by atoms with van der Waals surface area (Å²) in [5.41, 5.74) is 0.474. The van der Waals surface area contributed by atoms with Crippen molar-refractivity contribution in [2.75, 3.05) is 12.4 Å². The first kappa shape index (κ1) is 27.3. The van der Waals surface area contributed by atoms with Crippen LogP contribution in [0, 0.1) is 0 Å². The van der Waals surface area contributed by atoms with E-state index in [0.717, 1.165) is 0 Å². The maximum atomic E-state index is 13.2. The van der Waals surface area contributed by atoms with E-state index in [1.54, 1.807) is 49.4 Å². The molecular weight excluding hydrogens is 553 g/mol. The molecule has 1 amide bonds. The summed E-state index contributed by atoms with van der Waals surface area (Å²) in [6.45, 7) is 1.67. The molecule has 0 unspecified atom stereocenters. The normalized spacial score (nSPS) is 11.7. The summed E-state index contributed by atoms with van der Waals surface area (Å²) < 4.78 is 38.1. The van der Waals surface area contributed by atoms with Gasteiger partial charge in [0, 0.05) is 11.5 Å². The minimum atomic E-state index is -4.49. The quantitative estimate of drug-likeness (QED) is 0.156. The Bertz CT molecular complexity index is 1710. The molecule has 12 heteroatoms. The zero-order valence-electron chi connectivity index (χ0n) is 20.1. The molecule has 0 saturated carbocycles. The topological polar surface area (TPSA) is 138 Å². The Morgan fingerprint density at radius 1 is 1.05 bits per heavy atom. The Balaban J connectivity index is 1.80. The summed E-state index contributed by atoms with van der Waals surface area (Å²) in [7, 11) is -3.02. The van der Waals surface area contributed by atoms with Crippen molar-refractivity contribution in [1.29, 1.82) is 0 Å². The van der Waals surface area contributed by atoms with Crippen LogP contribution >= 0.6 is 23.2 Å². The van der Waals surface area contributed by atoms with Gasteiger partial charge in [0.25, 0.3) is 16.0 Å². The maximum Gasteiger partial charge on any atom is 0.294 e. The molecule has 0 heterocycles. The van der Waals surface area contributed by atoms with Gasteiger partial charge in [-0.3, -0.25) is 9.35 Å². The molecule has 0 aliphatic carbocycles. The minimum absolute atomic E-state index is 0.00189. The lowest BCUT2D eigenvalue weighted by molar-refractivity contribution is 0.102. The molecule has 4 aromatic carbocycles. The second-order valence-electron chi connectivity index (χ2n) is 8.05. The molecule has 0 aromatic heterocycles. The highest BCUT2D eigenvalue weighted by atomic mass is 35.5. The number of anilines is 1. The van der Waals surface area contributed by atoms with Gasteiger partial charge in [0.05, 0.1) is 33.3 Å². The number of hydrogen-bond donors (Lipinski definition) is 3. The van der Waals surface area contributed by atoms with Gasteiger partial charge >= 0.3 is 0 Å². The van der Waals surface area contributed by atoms with Gasteiger partial charge in [-0.25, -0.2) is 0 Å². The lowest BCUT2D eigenvalue weighted by atomic mass is 10.0. The predicted molar refractivity (Wildman–Crippen MR) is 146 cm³/mol. The van der Waals surface area contributed by atoms with Gasteiger partial charge in [0.15, 0.2) is 5.75 Å². The average Bonchev–Trinajstić information content (AvgIpc) is 2.88. The van der Waals surface area contributed by atoms with Crippen molar-refractivity contribution in [2.45, 2.75) is 18.2 Å². The zero-order chi connectivity index (χ0) is 27.6. The van der Waals surface area contributed by atoms with E-state index in [1.165, 1.54) is 25.3 Å². The number of benzene rings is 4. The first-order valence-electron chi connectivity index (χ1n) is 11.1. The highest BCUT2D eigenvalue weighted by Gasteiger charge is 2.21. The van der Waals surface area contributed by atoms with Crippen LogP contribution in [0.15, 0.2) is 75.8 Å². The standard InChI is InChI=1S/C26H21Cl2N3O6S/c1-3-16-22(38(34,35)36)11-10-20(23(16)28)30-31-24-17-7-5-4-6-14(17)12-18(25(24)32)26(33)29-21-13-15(37-2)8-9-19(21)27/h4-13,32H,3H2,1-2H3,(H,29,33)(H,34,35,36). The number of nitrogens with zero attached hydrogens (tertiary/aromatic N) is 2. The van der Waals surface area contributed by atoms with Crippen molar-refractivity contribution in [3.63, 3.8) is 0 Å². The molecule has 0 bridgehead atoms. The van der Waals surface area contributed by atoms with Crippen molar-refractivity contribution >= 4 is 67.1 Å². The summed E-state index contributed by atoms with van der Waals surface area (Å²) in [5, 5.41) is 23.4. The Morgan fingerprint density at radius 3 is 2.47 bits per heavy atom. The van der Waals surface area contributed by atoms with E-state index in [2.05, 4.69) is 15.5 Å². The maximum absolute atomic E-state index is 13.2. The number of phenolic OH excluding ortho intramolecular Hbond substituents is 1. The van der Waals surface area contributed by atoms with Gasteiger partial charge in [0.2, 0.25) is 0 Å². The number of rotatable bonds is 7. The smallest absolute Gasteiger partial charge is 0.294 e. The van der Waals surface area contributed by atoms with Crippen LogP contribution in [-0.4, -0.2) is 31.1 Å². The second-order valence-corrected chi connectivity index (χ2v) is 10.2. The van der Waals surface area contributed by atoms with E-state index in [0.29, 0.717) is 16.5 Å². The van der Waals surface area contributed by atoms with E-state index in [9.17, 15) is 22.9 Å². The van der Waals surface area contributed by atoms with Crippen LogP contribution in [0.25, 0.3) is 10.8 Å². The highest BCUT2D eigenvalue weighted by Crippen LogP contribution is 2.41. The molecule has 38 heavy (non-hydrogen) atoms.